The van der Waals surface area contributed by atoms with E-state index in [4.69, 9.17) is 0 Å². The van der Waals surface area contributed by atoms with Crippen molar-refractivity contribution in [1.82, 2.24) is 15.1 Å². The molecule has 26 heavy (non-hydrogen) atoms. The quantitative estimate of drug-likeness (QED) is 0.778. The number of nitrogens with zero attached hydrogens (tertiary/aromatic N) is 2. The predicted molar refractivity (Wildman–Crippen MR) is 102 cm³/mol. The lowest BCUT2D eigenvalue weighted by Crippen LogP contribution is -2.27. The van der Waals surface area contributed by atoms with Crippen LogP contribution in [0.2, 0.25) is 0 Å². The Kier molecular flexibility index (Phi) is 4.33. The maximum absolute atomic E-state index is 12.8. The number of aromatic nitrogens is 2. The van der Waals surface area contributed by atoms with Crippen molar-refractivity contribution in [1.29, 1.82) is 0 Å². The molecule has 0 radical (unpaired) electrons. The molecular formula is C22H23N3O. The van der Waals surface area contributed by atoms with Gasteiger partial charge in [0.1, 0.15) is 0 Å². The summed E-state index contributed by atoms with van der Waals surface area (Å²) in [5.41, 5.74) is 6.51. The molecule has 0 bridgehead atoms. The maximum atomic E-state index is 12.8. The predicted octanol–water partition coefficient (Wildman–Crippen LogP) is 3.97. The summed E-state index contributed by atoms with van der Waals surface area (Å²) >= 11 is 0. The number of carbonyl (C=O) groups excluding carboxylic acids is 1. The molecule has 1 amide bonds. The molecule has 1 aliphatic rings. The molecule has 1 N–H and O–H groups in total. The number of fused-ring (bicyclic) bond motifs is 1. The van der Waals surface area contributed by atoms with Crippen molar-refractivity contribution in [3.63, 3.8) is 0 Å². The molecule has 0 aliphatic heterocycles. The van der Waals surface area contributed by atoms with Crippen molar-refractivity contribution >= 4 is 5.91 Å². The fourth-order valence-electron chi connectivity index (χ4n) is 3.77. The van der Waals surface area contributed by atoms with Gasteiger partial charge in [0.15, 0.2) is 0 Å². The summed E-state index contributed by atoms with van der Waals surface area (Å²) in [6.07, 6.45) is 2.00. The fraction of sp³-hybridized carbons (Fsp3) is 0.273. The zero-order valence-electron chi connectivity index (χ0n) is 15.2. The topological polar surface area (TPSA) is 46.9 Å². The minimum absolute atomic E-state index is 0.0121. The first kappa shape index (κ1) is 16.6. The Morgan fingerprint density at radius 2 is 2.00 bits per heavy atom. The molecule has 1 aliphatic carbocycles. The molecule has 3 aromatic rings. The van der Waals surface area contributed by atoms with E-state index in [1.165, 1.54) is 11.1 Å². The monoisotopic (exact) mass is 345 g/mol. The zero-order chi connectivity index (χ0) is 18.1. The highest BCUT2D eigenvalue weighted by atomic mass is 16.1. The van der Waals surface area contributed by atoms with Gasteiger partial charge in [-0.1, -0.05) is 36.4 Å². The van der Waals surface area contributed by atoms with E-state index in [0.717, 1.165) is 29.8 Å². The van der Waals surface area contributed by atoms with Crippen LogP contribution in [-0.2, 0) is 13.0 Å². The van der Waals surface area contributed by atoms with Crippen LogP contribution in [0.5, 0.6) is 0 Å². The molecule has 4 heteroatoms. The zero-order valence-corrected chi connectivity index (χ0v) is 15.2. The third kappa shape index (κ3) is 3.27. The van der Waals surface area contributed by atoms with E-state index in [0.29, 0.717) is 12.1 Å². The van der Waals surface area contributed by atoms with Crippen LogP contribution in [0.4, 0.5) is 0 Å². The summed E-state index contributed by atoms with van der Waals surface area (Å²) in [4.78, 5) is 12.8. The normalized spacial score (nSPS) is 15.7. The van der Waals surface area contributed by atoms with Crippen LogP contribution in [0.3, 0.4) is 0 Å². The van der Waals surface area contributed by atoms with Gasteiger partial charge in [-0.3, -0.25) is 9.48 Å². The smallest absolute Gasteiger partial charge is 0.251 e. The number of carbonyl (C=O) groups is 1. The average Bonchev–Trinajstić information content (AvgIpc) is 3.18. The number of amides is 1. The summed E-state index contributed by atoms with van der Waals surface area (Å²) in [7, 11) is 0. The highest BCUT2D eigenvalue weighted by molar-refractivity contribution is 5.94. The second-order valence-electron chi connectivity index (χ2n) is 7.05. The first-order valence-electron chi connectivity index (χ1n) is 9.09. The number of aryl methyl sites for hydroxylation is 3. The van der Waals surface area contributed by atoms with Gasteiger partial charge in [0.05, 0.1) is 18.3 Å². The summed E-state index contributed by atoms with van der Waals surface area (Å²) in [5, 5.41) is 7.70. The molecular weight excluding hydrogens is 322 g/mol. The van der Waals surface area contributed by atoms with Crippen LogP contribution in [0.25, 0.3) is 0 Å². The minimum Gasteiger partial charge on any atom is -0.345 e. The highest BCUT2D eigenvalue weighted by Gasteiger charge is 2.23. The van der Waals surface area contributed by atoms with Crippen molar-refractivity contribution in [3.05, 3.63) is 88.2 Å². The first-order chi connectivity index (χ1) is 12.6. The molecule has 132 valence electrons. The van der Waals surface area contributed by atoms with Gasteiger partial charge in [-0.25, -0.2) is 0 Å². The van der Waals surface area contributed by atoms with Crippen LogP contribution in [0.15, 0.2) is 54.6 Å². The molecule has 1 unspecified atom stereocenters. The van der Waals surface area contributed by atoms with Crippen LogP contribution >= 0.6 is 0 Å². The van der Waals surface area contributed by atoms with Gasteiger partial charge in [0.2, 0.25) is 0 Å². The van der Waals surface area contributed by atoms with Crippen molar-refractivity contribution < 1.29 is 4.79 Å². The van der Waals surface area contributed by atoms with Crippen LogP contribution in [0.1, 0.15) is 50.9 Å². The Morgan fingerprint density at radius 3 is 2.81 bits per heavy atom. The number of nitrogens with one attached hydrogen (secondary N) is 1. The number of hydrogen-bond acceptors (Lipinski definition) is 2. The lowest BCUT2D eigenvalue weighted by atomic mass is 10.1. The van der Waals surface area contributed by atoms with E-state index < -0.39 is 0 Å². The summed E-state index contributed by atoms with van der Waals surface area (Å²) in [5.74, 6) is -0.0121. The molecule has 1 heterocycles. The molecule has 0 saturated carbocycles. The third-order valence-electron chi connectivity index (χ3n) is 5.06. The van der Waals surface area contributed by atoms with Gasteiger partial charge in [-0.05, 0) is 61.6 Å². The van der Waals surface area contributed by atoms with Crippen LogP contribution in [0, 0.1) is 13.8 Å². The van der Waals surface area contributed by atoms with Crippen molar-refractivity contribution in [2.45, 2.75) is 39.3 Å². The van der Waals surface area contributed by atoms with Crippen molar-refractivity contribution in [2.75, 3.05) is 0 Å². The Hall–Kier alpha value is -2.88. The molecule has 2 aromatic carbocycles. The van der Waals surface area contributed by atoms with E-state index in [1.54, 1.807) is 0 Å². The van der Waals surface area contributed by atoms with Gasteiger partial charge in [0.25, 0.3) is 5.91 Å². The molecule has 1 aromatic heterocycles. The molecule has 4 rings (SSSR count). The van der Waals surface area contributed by atoms with Crippen LogP contribution in [-0.4, -0.2) is 15.7 Å². The highest BCUT2D eigenvalue weighted by Crippen LogP contribution is 2.30. The lowest BCUT2D eigenvalue weighted by molar-refractivity contribution is 0.0936. The van der Waals surface area contributed by atoms with Gasteiger partial charge in [-0.2, -0.15) is 5.10 Å². The lowest BCUT2D eigenvalue weighted by Gasteiger charge is -2.15. The number of hydrogen-bond donors (Lipinski definition) is 1. The van der Waals surface area contributed by atoms with Gasteiger partial charge in [0, 0.05) is 11.3 Å². The number of benzene rings is 2. The average molecular weight is 345 g/mol. The maximum Gasteiger partial charge on any atom is 0.251 e. The molecule has 0 saturated heterocycles. The molecule has 1 atom stereocenters. The SMILES string of the molecule is Cc1cc(C)n(Cc2cccc(C(=O)NC3CCc4ccccc43)c2)n1. The summed E-state index contributed by atoms with van der Waals surface area (Å²) < 4.78 is 1.97. The summed E-state index contributed by atoms with van der Waals surface area (Å²) in [6.45, 7) is 4.72. The Bertz CT molecular complexity index is 958. The summed E-state index contributed by atoms with van der Waals surface area (Å²) in [6, 6.07) is 18.4. The second kappa shape index (κ2) is 6.79. The minimum atomic E-state index is -0.0121. The van der Waals surface area contributed by atoms with Crippen molar-refractivity contribution in [3.8, 4) is 0 Å². The van der Waals surface area contributed by atoms with Gasteiger partial charge >= 0.3 is 0 Å². The third-order valence-corrected chi connectivity index (χ3v) is 5.06. The van der Waals surface area contributed by atoms with Gasteiger partial charge < -0.3 is 5.32 Å². The van der Waals surface area contributed by atoms with Crippen molar-refractivity contribution in [2.24, 2.45) is 0 Å². The van der Waals surface area contributed by atoms with Gasteiger partial charge in [-0.15, -0.1) is 0 Å². The molecule has 4 nitrogen and oxygen atoms in total. The first-order valence-corrected chi connectivity index (χ1v) is 9.09. The fourth-order valence-corrected chi connectivity index (χ4v) is 3.77. The van der Waals surface area contributed by atoms with E-state index >= 15 is 0 Å². The largest absolute Gasteiger partial charge is 0.345 e. The van der Waals surface area contributed by atoms with E-state index in [9.17, 15) is 4.79 Å². The molecule has 0 spiro atoms. The Labute approximate surface area is 153 Å². The van der Waals surface area contributed by atoms with E-state index in [1.807, 2.05) is 48.9 Å². The Morgan fingerprint density at radius 1 is 1.15 bits per heavy atom. The van der Waals surface area contributed by atoms with E-state index in [2.05, 4.69) is 34.7 Å². The number of rotatable bonds is 4. The standard InChI is InChI=1S/C22H23N3O/c1-15-12-16(2)25(24-15)14-17-6-5-8-19(13-17)22(26)23-21-11-10-18-7-3-4-9-20(18)21/h3-9,12-13,21H,10-11,14H2,1-2H3,(H,23,26). The Balaban J connectivity index is 1.50. The molecule has 0 fully saturated rings. The van der Waals surface area contributed by atoms with E-state index in [-0.39, 0.29) is 11.9 Å². The van der Waals surface area contributed by atoms with Crippen LogP contribution < -0.4 is 5.32 Å². The second-order valence-corrected chi connectivity index (χ2v) is 7.05.